The van der Waals surface area contributed by atoms with Gasteiger partial charge in [-0.25, -0.2) is 0 Å². The van der Waals surface area contributed by atoms with Gasteiger partial charge in [-0.15, -0.1) is 0 Å². The fraction of sp³-hybridized carbons (Fsp3) is 0.429. The van der Waals surface area contributed by atoms with Crippen molar-refractivity contribution in [2.75, 3.05) is 13.1 Å². The van der Waals surface area contributed by atoms with E-state index in [2.05, 4.69) is 21.2 Å². The number of carbonyl (C=O) groups excluding carboxylic acids is 2. The summed E-state index contributed by atoms with van der Waals surface area (Å²) in [7, 11) is 0. The number of carbonyl (C=O) groups is 2. The van der Waals surface area contributed by atoms with Gasteiger partial charge < -0.3 is 5.73 Å². The lowest BCUT2D eigenvalue weighted by molar-refractivity contribution is -0.137. The Bertz CT molecular complexity index is 488. The maximum absolute atomic E-state index is 11.6. The second-order valence-electron chi connectivity index (χ2n) is 4.94. The van der Waals surface area contributed by atoms with E-state index in [-0.39, 0.29) is 37.0 Å². The minimum absolute atomic E-state index is 0.130. The molecule has 2 rings (SSSR count). The zero-order chi connectivity index (χ0) is 14.7. The molecule has 2 atom stereocenters. The van der Waals surface area contributed by atoms with E-state index >= 15 is 0 Å². The van der Waals surface area contributed by atoms with E-state index in [0.717, 1.165) is 16.5 Å². The van der Waals surface area contributed by atoms with E-state index in [1.807, 2.05) is 36.1 Å². The molecule has 0 spiro atoms. The molecule has 1 fully saturated rings. The number of amides is 2. The van der Waals surface area contributed by atoms with Gasteiger partial charge in [0.05, 0.1) is 19.1 Å². The number of imide groups is 1. The third kappa shape index (κ3) is 3.45. The smallest absolute Gasteiger partial charge is 0.240 e. The van der Waals surface area contributed by atoms with Gasteiger partial charge >= 0.3 is 0 Å². The molecule has 0 saturated carbocycles. The van der Waals surface area contributed by atoms with Crippen LogP contribution in [0.3, 0.4) is 0 Å². The Balaban J connectivity index is 2.29. The highest BCUT2D eigenvalue weighted by Crippen LogP contribution is 2.27. The van der Waals surface area contributed by atoms with E-state index in [1.54, 1.807) is 0 Å². The van der Waals surface area contributed by atoms with E-state index in [4.69, 9.17) is 5.73 Å². The highest BCUT2D eigenvalue weighted by Gasteiger charge is 2.32. The molecule has 20 heavy (non-hydrogen) atoms. The highest BCUT2D eigenvalue weighted by atomic mass is 79.9. The van der Waals surface area contributed by atoms with Crippen LogP contribution < -0.4 is 11.1 Å². The van der Waals surface area contributed by atoms with Crippen molar-refractivity contribution in [3.63, 3.8) is 0 Å². The van der Waals surface area contributed by atoms with Crippen LogP contribution in [0.5, 0.6) is 0 Å². The van der Waals surface area contributed by atoms with Crippen molar-refractivity contribution in [1.82, 2.24) is 10.2 Å². The third-order valence-corrected chi connectivity index (χ3v) is 3.98. The normalized spacial score (nSPS) is 19.6. The van der Waals surface area contributed by atoms with Gasteiger partial charge in [0.15, 0.2) is 0 Å². The second-order valence-corrected chi connectivity index (χ2v) is 5.86. The summed E-state index contributed by atoms with van der Waals surface area (Å²) in [6.45, 7) is 2.39. The van der Waals surface area contributed by atoms with Crippen molar-refractivity contribution in [1.29, 1.82) is 0 Å². The van der Waals surface area contributed by atoms with Gasteiger partial charge in [-0.1, -0.05) is 35.0 Å². The Morgan fingerprint density at radius 2 is 1.80 bits per heavy atom. The van der Waals surface area contributed by atoms with Crippen molar-refractivity contribution in [3.8, 4) is 0 Å². The zero-order valence-corrected chi connectivity index (χ0v) is 12.9. The molecule has 1 aliphatic heterocycles. The predicted octanol–water partition coefficient (Wildman–Crippen LogP) is 1.19. The molecule has 0 aromatic heterocycles. The average Bonchev–Trinajstić information content (AvgIpc) is 2.40. The molecule has 5 nitrogen and oxygen atoms in total. The summed E-state index contributed by atoms with van der Waals surface area (Å²) in [6, 6.07) is 7.56. The van der Waals surface area contributed by atoms with Gasteiger partial charge in [0.2, 0.25) is 11.8 Å². The van der Waals surface area contributed by atoms with Crippen LogP contribution in [0.15, 0.2) is 28.7 Å². The molecule has 1 aromatic rings. The van der Waals surface area contributed by atoms with Gasteiger partial charge in [0, 0.05) is 10.5 Å². The minimum Gasteiger partial charge on any atom is -0.326 e. The highest BCUT2D eigenvalue weighted by molar-refractivity contribution is 9.10. The molecular formula is C14H18BrN3O2. The van der Waals surface area contributed by atoms with Crippen molar-refractivity contribution >= 4 is 27.7 Å². The molecule has 2 unspecified atom stereocenters. The summed E-state index contributed by atoms with van der Waals surface area (Å²) in [5.74, 6) is -0.543. The van der Waals surface area contributed by atoms with Gasteiger partial charge in [-0.2, -0.15) is 0 Å². The lowest BCUT2D eigenvalue weighted by Crippen LogP contribution is -2.55. The van der Waals surface area contributed by atoms with Gasteiger partial charge in [0.25, 0.3) is 0 Å². The molecule has 0 bridgehead atoms. The molecule has 1 heterocycles. The zero-order valence-electron chi connectivity index (χ0n) is 11.3. The number of benzene rings is 1. The Morgan fingerprint density at radius 3 is 2.30 bits per heavy atom. The van der Waals surface area contributed by atoms with Gasteiger partial charge in [-0.05, 0) is 24.1 Å². The first-order valence-corrected chi connectivity index (χ1v) is 7.38. The minimum atomic E-state index is -0.272. The molecule has 108 valence electrons. The Labute approximate surface area is 126 Å². The first kappa shape index (κ1) is 15.2. The van der Waals surface area contributed by atoms with E-state index in [9.17, 15) is 9.59 Å². The maximum atomic E-state index is 11.6. The largest absolute Gasteiger partial charge is 0.326 e. The van der Waals surface area contributed by atoms with Gasteiger partial charge in [0.1, 0.15) is 0 Å². The SMILES string of the molecule is CCC(N)C(c1ccc(Br)cc1)N1CC(=O)NC(=O)C1. The number of hydrogen-bond acceptors (Lipinski definition) is 4. The van der Waals surface area contributed by atoms with E-state index in [0.29, 0.717) is 0 Å². The van der Waals surface area contributed by atoms with Crippen LogP contribution in [-0.2, 0) is 9.59 Å². The fourth-order valence-electron chi connectivity index (χ4n) is 2.47. The quantitative estimate of drug-likeness (QED) is 0.808. The molecular weight excluding hydrogens is 322 g/mol. The molecule has 0 radical (unpaired) electrons. The van der Waals surface area contributed by atoms with Crippen molar-refractivity contribution in [2.45, 2.75) is 25.4 Å². The topological polar surface area (TPSA) is 75.4 Å². The molecule has 6 heteroatoms. The molecule has 1 saturated heterocycles. The fourth-order valence-corrected chi connectivity index (χ4v) is 2.73. The Hall–Kier alpha value is -1.24. The van der Waals surface area contributed by atoms with Crippen LogP contribution >= 0.6 is 15.9 Å². The van der Waals surface area contributed by atoms with Crippen molar-refractivity contribution < 1.29 is 9.59 Å². The van der Waals surface area contributed by atoms with E-state index in [1.165, 1.54) is 0 Å². The number of piperazine rings is 1. The maximum Gasteiger partial charge on any atom is 0.240 e. The lowest BCUT2D eigenvalue weighted by Gasteiger charge is -2.36. The average molecular weight is 340 g/mol. The van der Waals surface area contributed by atoms with Crippen molar-refractivity contribution in [3.05, 3.63) is 34.3 Å². The van der Waals surface area contributed by atoms with Crippen molar-refractivity contribution in [2.24, 2.45) is 5.73 Å². The first-order valence-electron chi connectivity index (χ1n) is 6.59. The second kappa shape index (κ2) is 6.47. The first-order chi connectivity index (χ1) is 9.51. The summed E-state index contributed by atoms with van der Waals surface area (Å²) in [4.78, 5) is 25.0. The predicted molar refractivity (Wildman–Crippen MR) is 79.9 cm³/mol. The lowest BCUT2D eigenvalue weighted by atomic mass is 9.95. The molecule has 3 N–H and O–H groups in total. The number of rotatable bonds is 4. The number of hydrogen-bond donors (Lipinski definition) is 2. The summed E-state index contributed by atoms with van der Waals surface area (Å²) in [6.07, 6.45) is 0.771. The molecule has 2 amide bonds. The molecule has 1 aliphatic rings. The Kier molecular flexibility index (Phi) is 4.91. The Morgan fingerprint density at radius 1 is 1.25 bits per heavy atom. The molecule has 0 aliphatic carbocycles. The summed E-state index contributed by atoms with van der Waals surface area (Å²) in [5, 5.41) is 2.31. The van der Waals surface area contributed by atoms with Crippen LogP contribution in [0.2, 0.25) is 0 Å². The van der Waals surface area contributed by atoms with Crippen LogP contribution in [0, 0.1) is 0 Å². The number of nitrogens with zero attached hydrogens (tertiary/aromatic N) is 1. The number of nitrogens with one attached hydrogen (secondary N) is 1. The van der Waals surface area contributed by atoms with Crippen LogP contribution in [0.1, 0.15) is 24.9 Å². The van der Waals surface area contributed by atoms with Crippen LogP contribution in [0.4, 0.5) is 0 Å². The number of nitrogens with two attached hydrogens (primary N) is 1. The van der Waals surface area contributed by atoms with Gasteiger partial charge in [-0.3, -0.25) is 19.8 Å². The van der Waals surface area contributed by atoms with E-state index < -0.39 is 0 Å². The number of halogens is 1. The monoisotopic (exact) mass is 339 g/mol. The summed E-state index contributed by atoms with van der Waals surface area (Å²) in [5.41, 5.74) is 7.23. The van der Waals surface area contributed by atoms with Crippen LogP contribution in [-0.4, -0.2) is 35.8 Å². The summed E-state index contributed by atoms with van der Waals surface area (Å²) >= 11 is 3.40. The van der Waals surface area contributed by atoms with Crippen LogP contribution in [0.25, 0.3) is 0 Å². The third-order valence-electron chi connectivity index (χ3n) is 3.45. The molecule has 1 aromatic carbocycles. The summed E-state index contributed by atoms with van der Waals surface area (Å²) < 4.78 is 0.984. The standard InChI is InChI=1S/C14H18BrN3O2/c1-2-11(16)14(9-3-5-10(15)6-4-9)18-7-12(19)17-13(20)8-18/h3-6,11,14H,2,7-8,16H2,1H3,(H,17,19,20).